The van der Waals surface area contributed by atoms with Gasteiger partial charge in [0.2, 0.25) is 0 Å². The van der Waals surface area contributed by atoms with Gasteiger partial charge in [-0.05, 0) is 29.8 Å². The molecule has 7 heteroatoms. The zero-order chi connectivity index (χ0) is 15.4. The predicted octanol–water partition coefficient (Wildman–Crippen LogP) is 4.01. The zero-order valence-electron chi connectivity index (χ0n) is 11.1. The number of nitro groups is 1. The van der Waals surface area contributed by atoms with E-state index in [1.165, 1.54) is 37.4 Å². The highest BCUT2D eigenvalue weighted by Crippen LogP contribution is 2.26. The normalized spacial score (nSPS) is 10.2. The van der Waals surface area contributed by atoms with Crippen molar-refractivity contribution in [2.45, 2.75) is 6.54 Å². The van der Waals surface area contributed by atoms with Crippen molar-refractivity contribution in [2.24, 2.45) is 0 Å². The standard InChI is InChI=1S/C14H12ClFN2O3/c1-21-12-5-9(4-11(7-12)18(19)20)8-17-14-6-10(16)2-3-13(14)15/h2-7,17H,8H2,1H3. The van der Waals surface area contributed by atoms with E-state index in [4.69, 9.17) is 16.3 Å². The minimum absolute atomic E-state index is 0.0727. The predicted molar refractivity (Wildman–Crippen MR) is 78.4 cm³/mol. The van der Waals surface area contributed by atoms with Crippen LogP contribution in [0.25, 0.3) is 0 Å². The lowest BCUT2D eigenvalue weighted by Crippen LogP contribution is -2.02. The van der Waals surface area contributed by atoms with E-state index < -0.39 is 10.7 Å². The number of halogens is 2. The molecule has 2 aromatic rings. The number of hydrogen-bond donors (Lipinski definition) is 1. The molecule has 5 nitrogen and oxygen atoms in total. The van der Waals surface area contributed by atoms with Crippen molar-refractivity contribution < 1.29 is 14.1 Å². The second kappa shape index (κ2) is 6.41. The van der Waals surface area contributed by atoms with Crippen molar-refractivity contribution >= 4 is 23.0 Å². The molecule has 0 saturated carbocycles. The average Bonchev–Trinajstić information content (AvgIpc) is 2.47. The zero-order valence-corrected chi connectivity index (χ0v) is 11.9. The summed E-state index contributed by atoms with van der Waals surface area (Å²) < 4.78 is 18.2. The van der Waals surface area contributed by atoms with E-state index in [0.717, 1.165) is 0 Å². The summed E-state index contributed by atoms with van der Waals surface area (Å²) >= 11 is 5.94. The van der Waals surface area contributed by atoms with E-state index in [2.05, 4.69) is 5.32 Å². The minimum atomic E-state index is -0.499. The first-order valence-corrected chi connectivity index (χ1v) is 6.38. The van der Waals surface area contributed by atoms with Crippen LogP contribution in [0.1, 0.15) is 5.56 Å². The first kappa shape index (κ1) is 15.1. The van der Waals surface area contributed by atoms with E-state index >= 15 is 0 Å². The molecule has 0 aromatic heterocycles. The third-order valence-electron chi connectivity index (χ3n) is 2.81. The molecule has 0 saturated heterocycles. The Morgan fingerprint density at radius 1 is 1.33 bits per heavy atom. The van der Waals surface area contributed by atoms with Crippen LogP contribution in [0, 0.1) is 15.9 Å². The van der Waals surface area contributed by atoms with Gasteiger partial charge >= 0.3 is 0 Å². The first-order valence-electron chi connectivity index (χ1n) is 6.01. The maximum Gasteiger partial charge on any atom is 0.273 e. The third-order valence-corrected chi connectivity index (χ3v) is 3.14. The van der Waals surface area contributed by atoms with Gasteiger partial charge in [-0.15, -0.1) is 0 Å². The van der Waals surface area contributed by atoms with Crippen LogP contribution in [-0.4, -0.2) is 12.0 Å². The van der Waals surface area contributed by atoms with Gasteiger partial charge in [-0.3, -0.25) is 10.1 Å². The summed E-state index contributed by atoms with van der Waals surface area (Å²) in [5.41, 5.74) is 0.972. The minimum Gasteiger partial charge on any atom is -0.496 e. The second-order valence-electron chi connectivity index (χ2n) is 4.27. The van der Waals surface area contributed by atoms with Crippen LogP contribution in [0.3, 0.4) is 0 Å². The van der Waals surface area contributed by atoms with Crippen molar-refractivity contribution in [3.05, 3.63) is 62.9 Å². The van der Waals surface area contributed by atoms with Gasteiger partial charge in [0, 0.05) is 12.6 Å². The number of methoxy groups -OCH3 is 1. The summed E-state index contributed by atoms with van der Waals surface area (Å²) in [6.45, 7) is 0.251. The number of ether oxygens (including phenoxy) is 1. The summed E-state index contributed by atoms with van der Waals surface area (Å²) in [5.74, 6) is -0.0372. The molecule has 1 N–H and O–H groups in total. The number of hydrogen-bond acceptors (Lipinski definition) is 4. The quantitative estimate of drug-likeness (QED) is 0.669. The summed E-state index contributed by atoms with van der Waals surface area (Å²) in [4.78, 5) is 10.4. The van der Waals surface area contributed by atoms with Crippen LogP contribution in [0.4, 0.5) is 15.8 Å². The van der Waals surface area contributed by atoms with Crippen LogP contribution in [-0.2, 0) is 6.54 Å². The summed E-state index contributed by atoms with van der Waals surface area (Å²) in [7, 11) is 1.43. The number of nitrogens with one attached hydrogen (secondary N) is 1. The molecule has 0 bridgehead atoms. The fourth-order valence-electron chi connectivity index (χ4n) is 1.80. The molecule has 0 spiro atoms. The Balaban J connectivity index is 2.21. The molecule has 0 heterocycles. The molecule has 0 atom stereocenters. The molecule has 0 amide bonds. The SMILES string of the molecule is COc1cc(CNc2cc(F)ccc2Cl)cc([N+](=O)[O-])c1. The highest BCUT2D eigenvalue weighted by molar-refractivity contribution is 6.33. The van der Waals surface area contributed by atoms with E-state index in [9.17, 15) is 14.5 Å². The van der Waals surface area contributed by atoms with Crippen LogP contribution >= 0.6 is 11.6 Å². The van der Waals surface area contributed by atoms with Crippen molar-refractivity contribution in [1.29, 1.82) is 0 Å². The van der Waals surface area contributed by atoms with Crippen molar-refractivity contribution in [2.75, 3.05) is 12.4 Å². The molecule has 2 rings (SSSR count). The van der Waals surface area contributed by atoms with Crippen LogP contribution in [0.5, 0.6) is 5.75 Å². The number of nitrogens with zero attached hydrogens (tertiary/aromatic N) is 1. The highest BCUT2D eigenvalue weighted by atomic mass is 35.5. The summed E-state index contributed by atoms with van der Waals surface area (Å²) in [6, 6.07) is 8.36. The Hall–Kier alpha value is -2.34. The van der Waals surface area contributed by atoms with Crippen molar-refractivity contribution in [3.63, 3.8) is 0 Å². The Labute approximate surface area is 125 Å². The largest absolute Gasteiger partial charge is 0.496 e. The van der Waals surface area contributed by atoms with E-state index in [1.807, 2.05) is 0 Å². The van der Waals surface area contributed by atoms with Gasteiger partial charge in [0.15, 0.2) is 0 Å². The third kappa shape index (κ3) is 3.82. The Kier molecular flexibility index (Phi) is 4.59. The summed E-state index contributed by atoms with van der Waals surface area (Å²) in [5, 5.41) is 14.2. The van der Waals surface area contributed by atoms with Gasteiger partial charge in [0.25, 0.3) is 5.69 Å². The second-order valence-corrected chi connectivity index (χ2v) is 4.68. The van der Waals surface area contributed by atoms with Crippen molar-refractivity contribution in [1.82, 2.24) is 0 Å². The number of rotatable bonds is 5. The van der Waals surface area contributed by atoms with E-state index in [1.54, 1.807) is 6.07 Å². The topological polar surface area (TPSA) is 64.4 Å². The number of anilines is 1. The first-order chi connectivity index (χ1) is 9.99. The van der Waals surface area contributed by atoms with Crippen LogP contribution in [0.2, 0.25) is 5.02 Å². The Morgan fingerprint density at radius 3 is 2.76 bits per heavy atom. The molecule has 110 valence electrons. The Bertz CT molecular complexity index is 679. The van der Waals surface area contributed by atoms with E-state index in [0.29, 0.717) is 22.0 Å². The molecule has 0 aliphatic heterocycles. The van der Waals surface area contributed by atoms with Gasteiger partial charge in [0.1, 0.15) is 11.6 Å². The lowest BCUT2D eigenvalue weighted by molar-refractivity contribution is -0.385. The maximum absolute atomic E-state index is 13.2. The molecular weight excluding hydrogens is 299 g/mol. The number of nitro benzene ring substituents is 1. The average molecular weight is 311 g/mol. The van der Waals surface area contributed by atoms with Crippen LogP contribution in [0.15, 0.2) is 36.4 Å². The molecule has 0 unspecified atom stereocenters. The number of non-ortho nitro benzene ring substituents is 1. The molecular formula is C14H12ClFN2O3. The van der Waals surface area contributed by atoms with Gasteiger partial charge in [-0.1, -0.05) is 11.6 Å². The fraction of sp³-hybridized carbons (Fsp3) is 0.143. The van der Waals surface area contributed by atoms with Gasteiger partial charge < -0.3 is 10.1 Å². The highest BCUT2D eigenvalue weighted by Gasteiger charge is 2.10. The molecule has 21 heavy (non-hydrogen) atoms. The molecule has 0 fully saturated rings. The molecule has 0 aliphatic rings. The van der Waals surface area contributed by atoms with Crippen molar-refractivity contribution in [3.8, 4) is 5.75 Å². The van der Waals surface area contributed by atoms with Gasteiger partial charge in [-0.2, -0.15) is 0 Å². The molecule has 2 aromatic carbocycles. The summed E-state index contributed by atoms with van der Waals surface area (Å²) in [6.07, 6.45) is 0. The Morgan fingerprint density at radius 2 is 2.10 bits per heavy atom. The van der Waals surface area contributed by atoms with E-state index in [-0.39, 0.29) is 12.2 Å². The lowest BCUT2D eigenvalue weighted by Gasteiger charge is -2.10. The molecule has 0 aliphatic carbocycles. The lowest BCUT2D eigenvalue weighted by atomic mass is 10.2. The molecule has 0 radical (unpaired) electrons. The van der Waals surface area contributed by atoms with Gasteiger partial charge in [0.05, 0.1) is 28.8 Å². The maximum atomic E-state index is 13.2. The van der Waals surface area contributed by atoms with Gasteiger partial charge in [-0.25, -0.2) is 4.39 Å². The number of benzene rings is 2. The van der Waals surface area contributed by atoms with Crippen LogP contribution < -0.4 is 10.1 Å². The monoisotopic (exact) mass is 310 g/mol. The fourth-order valence-corrected chi connectivity index (χ4v) is 1.98. The smallest absolute Gasteiger partial charge is 0.273 e.